The number of aryl methyl sites for hydroxylation is 1. The predicted octanol–water partition coefficient (Wildman–Crippen LogP) is 2.64. The number of carbonyl (C=O) groups excluding carboxylic acids is 3. The third-order valence-electron chi connectivity index (χ3n) is 4.53. The molecule has 28 heavy (non-hydrogen) atoms. The smallest absolute Gasteiger partial charge is 0.261 e. The summed E-state index contributed by atoms with van der Waals surface area (Å²) in [6.07, 6.45) is 1.48. The predicted molar refractivity (Wildman–Crippen MR) is 96.4 cm³/mol. The molecule has 0 aliphatic carbocycles. The van der Waals surface area contributed by atoms with Crippen molar-refractivity contribution >= 4 is 17.7 Å². The van der Waals surface area contributed by atoms with Gasteiger partial charge in [0.1, 0.15) is 17.2 Å². The third-order valence-corrected chi connectivity index (χ3v) is 4.53. The lowest BCUT2D eigenvalue weighted by Crippen LogP contribution is -2.29. The first kappa shape index (κ1) is 17.7. The summed E-state index contributed by atoms with van der Waals surface area (Å²) in [6, 6.07) is 9.66. The van der Waals surface area contributed by atoms with E-state index in [-0.39, 0.29) is 30.1 Å². The zero-order valence-electron chi connectivity index (χ0n) is 15.3. The highest BCUT2D eigenvalue weighted by molar-refractivity contribution is 6.21. The molecular formula is C20H17N3O5. The second-order valence-electron chi connectivity index (χ2n) is 6.63. The Morgan fingerprint density at radius 1 is 1.14 bits per heavy atom. The van der Waals surface area contributed by atoms with Crippen molar-refractivity contribution < 1.29 is 23.3 Å². The molecule has 0 radical (unpaired) electrons. The van der Waals surface area contributed by atoms with Gasteiger partial charge in [0.15, 0.2) is 0 Å². The van der Waals surface area contributed by atoms with Crippen molar-refractivity contribution in [2.45, 2.75) is 20.0 Å². The van der Waals surface area contributed by atoms with E-state index in [0.717, 1.165) is 4.90 Å². The van der Waals surface area contributed by atoms with Crippen molar-refractivity contribution in [1.29, 1.82) is 0 Å². The van der Waals surface area contributed by atoms with Crippen molar-refractivity contribution in [2.24, 2.45) is 0 Å². The molecule has 0 unspecified atom stereocenters. The monoisotopic (exact) mass is 379 g/mol. The maximum atomic E-state index is 12.7. The van der Waals surface area contributed by atoms with Gasteiger partial charge >= 0.3 is 0 Å². The van der Waals surface area contributed by atoms with E-state index < -0.39 is 11.8 Å². The lowest BCUT2D eigenvalue weighted by Gasteiger charge is -2.15. The summed E-state index contributed by atoms with van der Waals surface area (Å²) in [4.78, 5) is 40.5. The molecule has 4 rings (SSSR count). The molecule has 1 aliphatic rings. The summed E-state index contributed by atoms with van der Waals surface area (Å²) in [5.74, 6) is 0.0402. The number of amides is 3. The summed E-state index contributed by atoms with van der Waals surface area (Å²) in [7, 11) is 1.63. The number of fused-ring (bicyclic) bond motifs is 1. The van der Waals surface area contributed by atoms with Crippen LogP contribution in [0.5, 0.6) is 0 Å². The molecule has 142 valence electrons. The molecule has 8 nitrogen and oxygen atoms in total. The number of hydrogen-bond donors (Lipinski definition) is 0. The van der Waals surface area contributed by atoms with E-state index in [1.165, 1.54) is 23.3 Å². The zero-order valence-corrected chi connectivity index (χ0v) is 15.3. The summed E-state index contributed by atoms with van der Waals surface area (Å²) in [5.41, 5.74) is 1.45. The molecule has 0 N–H and O–H groups in total. The highest BCUT2D eigenvalue weighted by Crippen LogP contribution is 2.26. The van der Waals surface area contributed by atoms with Crippen LogP contribution in [0.1, 0.15) is 48.3 Å². The third kappa shape index (κ3) is 3.09. The Kier molecular flexibility index (Phi) is 4.31. The SMILES string of the molecule is Cc1cc(CN(C)C(=O)c2ccc3c(c2)C(=O)N(Cc2ccco2)C3=O)no1. The van der Waals surface area contributed by atoms with Crippen molar-refractivity contribution in [3.63, 3.8) is 0 Å². The topological polar surface area (TPSA) is 96.9 Å². The fourth-order valence-corrected chi connectivity index (χ4v) is 3.15. The number of nitrogens with zero attached hydrogens (tertiary/aromatic N) is 3. The first-order valence-corrected chi connectivity index (χ1v) is 8.64. The van der Waals surface area contributed by atoms with Gasteiger partial charge in [-0.15, -0.1) is 0 Å². The minimum absolute atomic E-state index is 0.0496. The highest BCUT2D eigenvalue weighted by Gasteiger charge is 2.36. The molecule has 0 saturated carbocycles. The summed E-state index contributed by atoms with van der Waals surface area (Å²) in [5, 5.41) is 3.87. The molecule has 0 saturated heterocycles. The van der Waals surface area contributed by atoms with Crippen molar-refractivity contribution in [2.75, 3.05) is 7.05 Å². The summed E-state index contributed by atoms with van der Waals surface area (Å²) < 4.78 is 10.2. The van der Waals surface area contributed by atoms with Gasteiger partial charge in [0, 0.05) is 18.7 Å². The molecule has 2 aromatic heterocycles. The van der Waals surface area contributed by atoms with E-state index in [1.807, 2.05) is 0 Å². The number of aromatic nitrogens is 1. The maximum Gasteiger partial charge on any atom is 0.261 e. The van der Waals surface area contributed by atoms with E-state index >= 15 is 0 Å². The molecule has 0 bridgehead atoms. The average Bonchev–Trinajstić information content (AvgIpc) is 3.39. The van der Waals surface area contributed by atoms with Crippen LogP contribution in [0.15, 0.2) is 51.6 Å². The standard InChI is InChI=1S/C20H17N3O5/c1-12-8-14(21-28-12)10-22(2)18(24)13-5-6-16-17(9-13)20(26)23(19(16)25)11-15-4-3-7-27-15/h3-9H,10-11H2,1-2H3. The molecule has 1 aromatic carbocycles. The summed E-state index contributed by atoms with van der Waals surface area (Å²) >= 11 is 0. The molecule has 3 amide bonds. The van der Waals surface area contributed by atoms with Gasteiger partial charge in [-0.25, -0.2) is 0 Å². The molecule has 8 heteroatoms. The van der Waals surface area contributed by atoms with Gasteiger partial charge in [0.25, 0.3) is 17.7 Å². The molecule has 3 heterocycles. The number of carbonyl (C=O) groups is 3. The zero-order chi connectivity index (χ0) is 19.8. The van der Waals surface area contributed by atoms with Gasteiger partial charge in [0.2, 0.25) is 0 Å². The Hall–Kier alpha value is -3.68. The number of rotatable bonds is 5. The van der Waals surface area contributed by atoms with E-state index in [2.05, 4.69) is 5.16 Å². The Labute approximate surface area is 160 Å². The Morgan fingerprint density at radius 2 is 1.93 bits per heavy atom. The van der Waals surface area contributed by atoms with Gasteiger partial charge in [-0.2, -0.15) is 0 Å². The lowest BCUT2D eigenvalue weighted by atomic mass is 10.0. The Balaban J connectivity index is 1.54. The minimum Gasteiger partial charge on any atom is -0.467 e. The van der Waals surface area contributed by atoms with E-state index in [4.69, 9.17) is 8.94 Å². The fraction of sp³-hybridized carbons (Fsp3) is 0.200. The minimum atomic E-state index is -0.444. The molecule has 3 aromatic rings. The van der Waals surface area contributed by atoms with Crippen molar-refractivity contribution in [3.8, 4) is 0 Å². The van der Waals surface area contributed by atoms with Crippen LogP contribution in [-0.4, -0.2) is 39.7 Å². The number of imide groups is 1. The first-order chi connectivity index (χ1) is 13.4. The van der Waals surface area contributed by atoms with Crippen LogP contribution in [0.3, 0.4) is 0 Å². The maximum absolute atomic E-state index is 12.7. The molecule has 1 aliphatic heterocycles. The van der Waals surface area contributed by atoms with Gasteiger partial charge in [0.05, 0.1) is 30.5 Å². The Morgan fingerprint density at radius 3 is 2.61 bits per heavy atom. The molecule has 0 atom stereocenters. The second-order valence-corrected chi connectivity index (χ2v) is 6.63. The van der Waals surface area contributed by atoms with Gasteiger partial charge in [-0.05, 0) is 37.3 Å². The fourth-order valence-electron chi connectivity index (χ4n) is 3.15. The second kappa shape index (κ2) is 6.80. The summed E-state index contributed by atoms with van der Waals surface area (Å²) in [6.45, 7) is 2.09. The van der Waals surface area contributed by atoms with Crippen LogP contribution >= 0.6 is 0 Å². The lowest BCUT2D eigenvalue weighted by molar-refractivity contribution is 0.0631. The van der Waals surface area contributed by atoms with E-state index in [1.54, 1.807) is 38.2 Å². The van der Waals surface area contributed by atoms with Gasteiger partial charge in [-0.1, -0.05) is 5.16 Å². The number of furan rings is 1. The number of hydrogen-bond acceptors (Lipinski definition) is 6. The van der Waals surface area contributed by atoms with E-state index in [0.29, 0.717) is 22.8 Å². The van der Waals surface area contributed by atoms with Crippen LogP contribution < -0.4 is 0 Å². The average molecular weight is 379 g/mol. The molecule has 0 spiro atoms. The van der Waals surface area contributed by atoms with Crippen LogP contribution in [0, 0.1) is 6.92 Å². The van der Waals surface area contributed by atoms with Crippen molar-refractivity contribution in [3.05, 3.63) is 76.6 Å². The first-order valence-electron chi connectivity index (χ1n) is 8.64. The highest BCUT2D eigenvalue weighted by atomic mass is 16.5. The van der Waals surface area contributed by atoms with Crippen LogP contribution in [-0.2, 0) is 13.1 Å². The van der Waals surface area contributed by atoms with Gasteiger partial charge in [-0.3, -0.25) is 19.3 Å². The van der Waals surface area contributed by atoms with E-state index in [9.17, 15) is 14.4 Å². The molecular weight excluding hydrogens is 362 g/mol. The van der Waals surface area contributed by atoms with Crippen LogP contribution in [0.4, 0.5) is 0 Å². The van der Waals surface area contributed by atoms with Crippen LogP contribution in [0.25, 0.3) is 0 Å². The Bertz CT molecular complexity index is 1070. The quantitative estimate of drug-likeness (QED) is 0.632. The van der Waals surface area contributed by atoms with Crippen LogP contribution in [0.2, 0.25) is 0 Å². The normalized spacial score (nSPS) is 13.1. The number of benzene rings is 1. The largest absolute Gasteiger partial charge is 0.467 e. The molecule has 0 fully saturated rings. The van der Waals surface area contributed by atoms with Gasteiger partial charge < -0.3 is 13.8 Å². The van der Waals surface area contributed by atoms with Crippen molar-refractivity contribution in [1.82, 2.24) is 15.0 Å².